The number of benzene rings is 2. The van der Waals surface area contributed by atoms with Crippen molar-refractivity contribution in [3.05, 3.63) is 64.9 Å². The zero-order valence-corrected chi connectivity index (χ0v) is 16.3. The van der Waals surface area contributed by atoms with E-state index >= 15 is 0 Å². The van der Waals surface area contributed by atoms with Crippen LogP contribution in [0.1, 0.15) is 15.2 Å². The number of rotatable bonds is 8. The number of thiazole rings is 1. The summed E-state index contributed by atoms with van der Waals surface area (Å²) in [5.41, 5.74) is 6.19. The van der Waals surface area contributed by atoms with Crippen molar-refractivity contribution < 1.29 is 23.5 Å². The van der Waals surface area contributed by atoms with Crippen LogP contribution in [0.2, 0.25) is 0 Å². The Morgan fingerprint density at radius 1 is 1.21 bits per heavy atom. The lowest BCUT2D eigenvalue weighted by Gasteiger charge is -2.11. The van der Waals surface area contributed by atoms with Crippen molar-refractivity contribution >= 4 is 23.2 Å². The molecule has 0 saturated carbocycles. The number of ether oxygens (including phenoxy) is 2. The second-order valence-electron chi connectivity index (χ2n) is 5.93. The summed E-state index contributed by atoms with van der Waals surface area (Å²) in [6, 6.07) is 11.3. The van der Waals surface area contributed by atoms with E-state index < -0.39 is 5.91 Å². The van der Waals surface area contributed by atoms with Gasteiger partial charge in [-0.25, -0.2) is 9.37 Å². The van der Waals surface area contributed by atoms with Gasteiger partial charge in [0.05, 0.1) is 13.3 Å². The van der Waals surface area contributed by atoms with Crippen LogP contribution in [-0.2, 0) is 11.3 Å². The topological polar surface area (TPSA) is 104 Å². The number of methoxy groups -OCH3 is 1. The van der Waals surface area contributed by atoms with Crippen LogP contribution < -0.4 is 20.5 Å². The maximum absolute atomic E-state index is 13.9. The van der Waals surface area contributed by atoms with Gasteiger partial charge in [0.15, 0.2) is 18.1 Å². The van der Waals surface area contributed by atoms with Crippen molar-refractivity contribution in [3.63, 3.8) is 0 Å². The van der Waals surface area contributed by atoms with E-state index in [9.17, 15) is 14.0 Å². The lowest BCUT2D eigenvalue weighted by atomic mass is 10.2. The maximum Gasteiger partial charge on any atom is 0.263 e. The first kappa shape index (κ1) is 20.3. The van der Waals surface area contributed by atoms with Crippen LogP contribution in [0.3, 0.4) is 0 Å². The van der Waals surface area contributed by atoms with Gasteiger partial charge in [0.1, 0.15) is 15.7 Å². The summed E-state index contributed by atoms with van der Waals surface area (Å²) >= 11 is 1.11. The van der Waals surface area contributed by atoms with E-state index in [1.807, 2.05) is 0 Å². The zero-order valence-electron chi connectivity index (χ0n) is 15.5. The molecule has 2 amide bonds. The Hall–Kier alpha value is -3.46. The predicted octanol–water partition coefficient (Wildman–Crippen LogP) is 2.75. The van der Waals surface area contributed by atoms with Crippen molar-refractivity contribution in [2.45, 2.75) is 6.54 Å². The lowest BCUT2D eigenvalue weighted by molar-refractivity contribution is -0.119. The molecule has 1 heterocycles. The molecule has 1 aromatic heterocycles. The molecule has 0 aliphatic heterocycles. The average Bonchev–Trinajstić information content (AvgIpc) is 3.21. The molecule has 3 N–H and O–H groups in total. The summed E-state index contributed by atoms with van der Waals surface area (Å²) in [5.74, 6) is -0.517. The standard InChI is InChI=1S/C20H18FN3O4S/c1-27-16-8-12(6-7-15(16)28-11-18(22)25)9-23-19(26)17-10-24-20(29-17)13-4-2-3-5-14(13)21/h2-8,10H,9,11H2,1H3,(H2,22,25)(H,23,26). The van der Waals surface area contributed by atoms with E-state index in [1.165, 1.54) is 19.4 Å². The van der Waals surface area contributed by atoms with Gasteiger partial charge in [-0.05, 0) is 29.8 Å². The number of nitrogens with two attached hydrogens (primary N) is 1. The van der Waals surface area contributed by atoms with E-state index in [0.29, 0.717) is 26.9 Å². The molecule has 0 atom stereocenters. The molecule has 0 fully saturated rings. The van der Waals surface area contributed by atoms with Crippen LogP contribution in [0.25, 0.3) is 10.6 Å². The molecule has 0 aliphatic rings. The van der Waals surface area contributed by atoms with Crippen molar-refractivity contribution in [3.8, 4) is 22.1 Å². The minimum atomic E-state index is -0.595. The Labute approximate surface area is 170 Å². The number of carbonyl (C=O) groups is 2. The summed E-state index contributed by atoms with van der Waals surface area (Å²) < 4.78 is 24.4. The smallest absolute Gasteiger partial charge is 0.263 e. The molecule has 29 heavy (non-hydrogen) atoms. The number of hydrogen-bond acceptors (Lipinski definition) is 6. The Balaban J connectivity index is 1.65. The molecule has 0 radical (unpaired) electrons. The summed E-state index contributed by atoms with van der Waals surface area (Å²) in [6.45, 7) is -0.0274. The number of amides is 2. The highest BCUT2D eigenvalue weighted by atomic mass is 32.1. The fourth-order valence-electron chi connectivity index (χ4n) is 2.50. The minimum absolute atomic E-state index is 0.234. The van der Waals surface area contributed by atoms with Crippen molar-refractivity contribution in [2.24, 2.45) is 5.73 Å². The molecule has 0 aliphatic carbocycles. The number of hydrogen-bond donors (Lipinski definition) is 2. The Morgan fingerprint density at radius 2 is 2.00 bits per heavy atom. The van der Waals surface area contributed by atoms with Crippen molar-refractivity contribution in [1.29, 1.82) is 0 Å². The quantitative estimate of drug-likeness (QED) is 0.589. The molecule has 0 unspecified atom stereocenters. The van der Waals surface area contributed by atoms with Crippen LogP contribution in [0.15, 0.2) is 48.7 Å². The zero-order chi connectivity index (χ0) is 20.8. The third-order valence-corrected chi connectivity index (χ3v) is 4.91. The summed E-state index contributed by atoms with van der Waals surface area (Å²) in [5, 5.41) is 3.22. The maximum atomic E-state index is 13.9. The van der Waals surface area contributed by atoms with E-state index in [-0.39, 0.29) is 24.9 Å². The fourth-order valence-corrected chi connectivity index (χ4v) is 3.36. The number of nitrogens with one attached hydrogen (secondary N) is 1. The lowest BCUT2D eigenvalue weighted by Crippen LogP contribution is -2.22. The van der Waals surface area contributed by atoms with Gasteiger partial charge in [0.25, 0.3) is 11.8 Å². The van der Waals surface area contributed by atoms with E-state index in [2.05, 4.69) is 10.3 Å². The van der Waals surface area contributed by atoms with E-state index in [1.54, 1.807) is 36.4 Å². The van der Waals surface area contributed by atoms with Gasteiger partial charge in [-0.15, -0.1) is 11.3 Å². The van der Waals surface area contributed by atoms with Gasteiger partial charge in [-0.2, -0.15) is 0 Å². The SMILES string of the molecule is COc1cc(CNC(=O)c2cnc(-c3ccccc3F)s2)ccc1OCC(N)=O. The van der Waals surface area contributed by atoms with Gasteiger partial charge < -0.3 is 20.5 Å². The minimum Gasteiger partial charge on any atom is -0.493 e. The van der Waals surface area contributed by atoms with Crippen molar-refractivity contribution in [1.82, 2.24) is 10.3 Å². The normalized spacial score (nSPS) is 10.4. The average molecular weight is 415 g/mol. The number of nitrogens with zero attached hydrogens (tertiary/aromatic N) is 1. The van der Waals surface area contributed by atoms with Crippen molar-refractivity contribution in [2.75, 3.05) is 13.7 Å². The van der Waals surface area contributed by atoms with Gasteiger partial charge in [-0.3, -0.25) is 9.59 Å². The Morgan fingerprint density at radius 3 is 2.72 bits per heavy atom. The highest BCUT2D eigenvalue weighted by Crippen LogP contribution is 2.29. The number of halogens is 1. The summed E-state index contributed by atoms with van der Waals surface area (Å²) in [4.78, 5) is 27.8. The van der Waals surface area contributed by atoms with Gasteiger partial charge >= 0.3 is 0 Å². The first-order valence-corrected chi connectivity index (χ1v) is 9.36. The molecule has 7 nitrogen and oxygen atoms in total. The molecule has 150 valence electrons. The van der Waals surface area contributed by atoms with Gasteiger partial charge in [0, 0.05) is 12.1 Å². The van der Waals surface area contributed by atoms with Crippen LogP contribution in [0.5, 0.6) is 11.5 Å². The first-order chi connectivity index (χ1) is 14.0. The molecular formula is C20H18FN3O4S. The van der Waals surface area contributed by atoms with E-state index in [0.717, 1.165) is 16.9 Å². The highest BCUT2D eigenvalue weighted by molar-refractivity contribution is 7.16. The van der Waals surface area contributed by atoms with Crippen LogP contribution >= 0.6 is 11.3 Å². The molecule has 0 saturated heterocycles. The van der Waals surface area contributed by atoms with Crippen LogP contribution in [-0.4, -0.2) is 30.5 Å². The van der Waals surface area contributed by atoms with E-state index in [4.69, 9.17) is 15.2 Å². The van der Waals surface area contributed by atoms with Crippen LogP contribution in [0.4, 0.5) is 4.39 Å². The predicted molar refractivity (Wildman–Crippen MR) is 106 cm³/mol. The molecule has 3 rings (SSSR count). The molecule has 0 spiro atoms. The third kappa shape index (κ3) is 5.08. The number of aromatic nitrogens is 1. The number of carbonyl (C=O) groups excluding carboxylic acids is 2. The second kappa shape index (κ2) is 9.16. The largest absolute Gasteiger partial charge is 0.493 e. The summed E-state index contributed by atoms with van der Waals surface area (Å²) in [6.07, 6.45) is 1.42. The molecule has 9 heteroatoms. The monoisotopic (exact) mass is 415 g/mol. The molecular weight excluding hydrogens is 397 g/mol. The molecule has 2 aromatic carbocycles. The van der Waals surface area contributed by atoms with Crippen LogP contribution in [0, 0.1) is 5.82 Å². The van der Waals surface area contributed by atoms with Gasteiger partial charge in [0.2, 0.25) is 0 Å². The van der Waals surface area contributed by atoms with Gasteiger partial charge in [-0.1, -0.05) is 18.2 Å². The summed E-state index contributed by atoms with van der Waals surface area (Å²) in [7, 11) is 1.47. The Bertz CT molecular complexity index is 1040. The third-order valence-electron chi connectivity index (χ3n) is 3.88. The molecule has 3 aromatic rings. The second-order valence-corrected chi connectivity index (χ2v) is 6.96. The Kier molecular flexibility index (Phi) is 6.40. The first-order valence-electron chi connectivity index (χ1n) is 8.55. The highest BCUT2D eigenvalue weighted by Gasteiger charge is 2.14. The fraction of sp³-hybridized carbons (Fsp3) is 0.150. The number of primary amides is 1. The molecule has 0 bridgehead atoms.